The Labute approximate surface area is 85.9 Å². The van der Waals surface area contributed by atoms with Crippen LogP contribution in [0.2, 0.25) is 0 Å². The standard InChI is InChI=1S/C11H9FO3/c1-15-11(14)9-4-6-2-3-7(12)5-8(6)10(9)13/h2-3,5,9H,4H2,1H3. The molecule has 1 unspecified atom stereocenters. The topological polar surface area (TPSA) is 43.4 Å². The molecular formula is C11H9FO3. The molecule has 1 atom stereocenters. The second-order valence-corrected chi connectivity index (χ2v) is 3.45. The number of hydrogen-bond donors (Lipinski definition) is 0. The molecule has 0 saturated carbocycles. The molecule has 1 aliphatic carbocycles. The van der Waals surface area contributed by atoms with E-state index in [1.165, 1.54) is 25.3 Å². The first-order valence-corrected chi connectivity index (χ1v) is 4.54. The lowest BCUT2D eigenvalue weighted by Gasteiger charge is -2.03. The Kier molecular flexibility index (Phi) is 2.26. The number of halogens is 1. The molecule has 15 heavy (non-hydrogen) atoms. The molecule has 0 bridgehead atoms. The number of carbonyl (C=O) groups is 2. The predicted octanol–water partition coefficient (Wildman–Crippen LogP) is 1.35. The van der Waals surface area contributed by atoms with Crippen molar-refractivity contribution in [2.75, 3.05) is 7.11 Å². The van der Waals surface area contributed by atoms with Gasteiger partial charge < -0.3 is 4.74 Å². The number of hydrogen-bond acceptors (Lipinski definition) is 3. The van der Waals surface area contributed by atoms with Crippen molar-refractivity contribution in [3.8, 4) is 0 Å². The van der Waals surface area contributed by atoms with Gasteiger partial charge in [-0.1, -0.05) is 6.07 Å². The van der Waals surface area contributed by atoms with Gasteiger partial charge in [0.05, 0.1) is 7.11 Å². The van der Waals surface area contributed by atoms with Gasteiger partial charge in [0, 0.05) is 5.56 Å². The van der Waals surface area contributed by atoms with E-state index in [0.717, 1.165) is 0 Å². The van der Waals surface area contributed by atoms with Gasteiger partial charge in [-0.15, -0.1) is 0 Å². The number of benzene rings is 1. The van der Waals surface area contributed by atoms with E-state index >= 15 is 0 Å². The highest BCUT2D eigenvalue weighted by molar-refractivity contribution is 6.12. The summed E-state index contributed by atoms with van der Waals surface area (Å²) in [6.07, 6.45) is 0.307. The predicted molar refractivity (Wildman–Crippen MR) is 49.9 cm³/mol. The second kappa shape index (κ2) is 3.46. The van der Waals surface area contributed by atoms with Crippen LogP contribution in [0.1, 0.15) is 15.9 Å². The van der Waals surface area contributed by atoms with E-state index in [2.05, 4.69) is 4.74 Å². The van der Waals surface area contributed by atoms with Crippen LogP contribution in [-0.4, -0.2) is 18.9 Å². The third-order valence-electron chi connectivity index (χ3n) is 2.56. The zero-order valence-electron chi connectivity index (χ0n) is 8.12. The van der Waals surface area contributed by atoms with Crippen LogP contribution in [0, 0.1) is 11.7 Å². The summed E-state index contributed by atoms with van der Waals surface area (Å²) < 4.78 is 17.4. The van der Waals surface area contributed by atoms with Crippen LogP contribution in [0.25, 0.3) is 0 Å². The van der Waals surface area contributed by atoms with Crippen molar-refractivity contribution >= 4 is 11.8 Å². The van der Waals surface area contributed by atoms with Gasteiger partial charge in [-0.2, -0.15) is 0 Å². The molecule has 0 heterocycles. The number of esters is 1. The fraction of sp³-hybridized carbons (Fsp3) is 0.273. The SMILES string of the molecule is COC(=O)C1Cc2ccc(F)cc2C1=O. The van der Waals surface area contributed by atoms with Crippen molar-refractivity contribution in [1.82, 2.24) is 0 Å². The molecule has 1 aromatic rings. The van der Waals surface area contributed by atoms with Crippen LogP contribution in [-0.2, 0) is 16.0 Å². The summed E-state index contributed by atoms with van der Waals surface area (Å²) in [5.74, 6) is -2.17. The van der Waals surface area contributed by atoms with Crippen molar-refractivity contribution < 1.29 is 18.7 Å². The Morgan fingerprint density at radius 1 is 1.53 bits per heavy atom. The van der Waals surface area contributed by atoms with Crippen molar-refractivity contribution in [3.05, 3.63) is 35.1 Å². The molecule has 3 nitrogen and oxygen atoms in total. The van der Waals surface area contributed by atoms with Crippen LogP contribution in [0.5, 0.6) is 0 Å². The van der Waals surface area contributed by atoms with Gasteiger partial charge in [-0.25, -0.2) is 4.39 Å². The number of ether oxygens (including phenoxy) is 1. The molecule has 0 saturated heterocycles. The van der Waals surface area contributed by atoms with Crippen molar-refractivity contribution in [3.63, 3.8) is 0 Å². The molecule has 0 fully saturated rings. The summed E-state index contributed by atoms with van der Waals surface area (Å²) in [5.41, 5.74) is 1.00. The summed E-state index contributed by atoms with van der Waals surface area (Å²) in [6.45, 7) is 0. The molecule has 1 aromatic carbocycles. The third kappa shape index (κ3) is 1.52. The van der Waals surface area contributed by atoms with Gasteiger partial charge in [0.25, 0.3) is 0 Å². The highest BCUT2D eigenvalue weighted by atomic mass is 19.1. The number of methoxy groups -OCH3 is 1. The van der Waals surface area contributed by atoms with E-state index in [1.807, 2.05) is 0 Å². The Morgan fingerprint density at radius 2 is 2.27 bits per heavy atom. The van der Waals surface area contributed by atoms with E-state index in [4.69, 9.17) is 0 Å². The maximum absolute atomic E-state index is 12.9. The smallest absolute Gasteiger partial charge is 0.316 e. The highest BCUT2D eigenvalue weighted by Gasteiger charge is 2.36. The van der Waals surface area contributed by atoms with Crippen molar-refractivity contribution in [1.29, 1.82) is 0 Å². The van der Waals surface area contributed by atoms with E-state index in [-0.39, 0.29) is 5.78 Å². The Morgan fingerprint density at radius 3 is 2.93 bits per heavy atom. The Balaban J connectivity index is 2.38. The maximum atomic E-state index is 12.9. The second-order valence-electron chi connectivity index (χ2n) is 3.45. The van der Waals surface area contributed by atoms with Gasteiger partial charge in [-0.05, 0) is 24.1 Å². The van der Waals surface area contributed by atoms with Crippen LogP contribution in [0.3, 0.4) is 0 Å². The number of fused-ring (bicyclic) bond motifs is 1. The first kappa shape index (κ1) is 9.83. The van der Waals surface area contributed by atoms with E-state index in [1.54, 1.807) is 0 Å². The van der Waals surface area contributed by atoms with Crippen LogP contribution >= 0.6 is 0 Å². The molecule has 0 N–H and O–H groups in total. The van der Waals surface area contributed by atoms with Gasteiger partial charge in [-0.3, -0.25) is 9.59 Å². The number of Topliss-reactive ketones (excluding diaryl/α,β-unsaturated/α-hetero) is 1. The summed E-state index contributed by atoms with van der Waals surface area (Å²) in [7, 11) is 1.24. The molecule has 0 spiro atoms. The Hall–Kier alpha value is -1.71. The molecule has 0 radical (unpaired) electrons. The lowest BCUT2D eigenvalue weighted by molar-refractivity contribution is -0.143. The molecule has 0 aromatic heterocycles. The molecule has 0 aliphatic heterocycles. The fourth-order valence-electron chi connectivity index (χ4n) is 1.79. The van der Waals surface area contributed by atoms with Crippen LogP contribution < -0.4 is 0 Å². The first-order chi connectivity index (χ1) is 7.13. The summed E-state index contributed by atoms with van der Waals surface area (Å²) in [4.78, 5) is 22.9. The number of ketones is 1. The Bertz CT molecular complexity index is 439. The summed E-state index contributed by atoms with van der Waals surface area (Å²) in [6, 6.07) is 3.98. The zero-order valence-corrected chi connectivity index (χ0v) is 8.12. The lowest BCUT2D eigenvalue weighted by Crippen LogP contribution is -2.21. The molecular weight excluding hydrogens is 199 g/mol. The van der Waals surface area contributed by atoms with Gasteiger partial charge in [0.1, 0.15) is 11.7 Å². The lowest BCUT2D eigenvalue weighted by atomic mass is 10.1. The van der Waals surface area contributed by atoms with Crippen LogP contribution in [0.4, 0.5) is 4.39 Å². The zero-order chi connectivity index (χ0) is 11.0. The minimum Gasteiger partial charge on any atom is -0.468 e. The quantitative estimate of drug-likeness (QED) is 0.517. The molecule has 78 valence electrons. The first-order valence-electron chi connectivity index (χ1n) is 4.54. The monoisotopic (exact) mass is 208 g/mol. The van der Waals surface area contributed by atoms with E-state index < -0.39 is 17.7 Å². The van der Waals surface area contributed by atoms with Gasteiger partial charge >= 0.3 is 5.97 Å². The third-order valence-corrected chi connectivity index (χ3v) is 2.56. The highest BCUT2D eigenvalue weighted by Crippen LogP contribution is 2.28. The maximum Gasteiger partial charge on any atom is 0.316 e. The van der Waals surface area contributed by atoms with Gasteiger partial charge in [0.15, 0.2) is 5.78 Å². The molecule has 4 heteroatoms. The van der Waals surface area contributed by atoms with E-state index in [0.29, 0.717) is 17.5 Å². The summed E-state index contributed by atoms with van der Waals surface area (Å²) in [5, 5.41) is 0. The van der Waals surface area contributed by atoms with Crippen molar-refractivity contribution in [2.45, 2.75) is 6.42 Å². The normalized spacial score (nSPS) is 18.8. The number of rotatable bonds is 1. The average Bonchev–Trinajstić information content (AvgIpc) is 2.55. The number of carbonyl (C=O) groups excluding carboxylic acids is 2. The largest absolute Gasteiger partial charge is 0.468 e. The summed E-state index contributed by atoms with van der Waals surface area (Å²) >= 11 is 0. The molecule has 0 amide bonds. The van der Waals surface area contributed by atoms with Gasteiger partial charge in [0.2, 0.25) is 0 Å². The minimum atomic E-state index is -0.799. The molecule has 1 aliphatic rings. The fourth-order valence-corrected chi connectivity index (χ4v) is 1.79. The minimum absolute atomic E-state index is 0.297. The average molecular weight is 208 g/mol. The van der Waals surface area contributed by atoms with E-state index in [9.17, 15) is 14.0 Å². The molecule has 2 rings (SSSR count). The van der Waals surface area contributed by atoms with Crippen LogP contribution in [0.15, 0.2) is 18.2 Å². The van der Waals surface area contributed by atoms with Crippen molar-refractivity contribution in [2.24, 2.45) is 5.92 Å².